The Labute approximate surface area is 157 Å². The lowest BCUT2D eigenvalue weighted by molar-refractivity contribution is -0.136. The van der Waals surface area contributed by atoms with Crippen molar-refractivity contribution in [3.8, 4) is 0 Å². The van der Waals surface area contributed by atoms with Crippen molar-refractivity contribution in [1.82, 2.24) is 4.90 Å². The van der Waals surface area contributed by atoms with Crippen LogP contribution >= 0.6 is 0 Å². The van der Waals surface area contributed by atoms with Crippen LogP contribution in [-0.2, 0) is 14.3 Å². The lowest BCUT2D eigenvalue weighted by Crippen LogP contribution is -2.28. The van der Waals surface area contributed by atoms with Gasteiger partial charge in [-0.2, -0.15) is 0 Å². The van der Waals surface area contributed by atoms with Crippen molar-refractivity contribution < 1.29 is 18.7 Å². The van der Waals surface area contributed by atoms with Gasteiger partial charge in [0.25, 0.3) is 5.91 Å². The Morgan fingerprint density at radius 2 is 1.85 bits per heavy atom. The molecule has 5 heteroatoms. The summed E-state index contributed by atoms with van der Waals surface area (Å²) in [6, 6.07) is 15.2. The van der Waals surface area contributed by atoms with Crippen LogP contribution in [0.4, 0.5) is 4.39 Å². The molecule has 0 aromatic heterocycles. The monoisotopic (exact) mass is 365 g/mol. The minimum Gasteiger partial charge on any atom is -0.465 e. The second kappa shape index (κ2) is 7.58. The van der Waals surface area contributed by atoms with Crippen molar-refractivity contribution in [2.45, 2.75) is 19.9 Å². The lowest BCUT2D eigenvalue weighted by Gasteiger charge is -2.26. The zero-order valence-corrected chi connectivity index (χ0v) is 15.4. The Kier molecular flexibility index (Phi) is 5.21. The highest BCUT2D eigenvalue weighted by atomic mass is 19.1. The zero-order chi connectivity index (χ0) is 19.6. The van der Waals surface area contributed by atoms with Crippen LogP contribution in [-0.4, -0.2) is 23.9 Å². The number of carbonyl (C=O) groups is 2. The molecule has 0 aliphatic carbocycles. The van der Waals surface area contributed by atoms with Gasteiger partial charge in [-0.15, -0.1) is 0 Å². The fraction of sp³-hybridized carbons (Fsp3) is 0.182. The summed E-state index contributed by atoms with van der Waals surface area (Å²) in [5.74, 6) is -1.32. The number of allylic oxidation sites excluding steroid dienone is 1. The molecule has 3 rings (SSSR count). The normalized spacial score (nSPS) is 16.8. The minimum absolute atomic E-state index is 0.202. The molecule has 0 fully saturated rings. The Bertz CT molecular complexity index is 947. The van der Waals surface area contributed by atoms with Gasteiger partial charge < -0.3 is 9.64 Å². The van der Waals surface area contributed by atoms with Crippen molar-refractivity contribution >= 4 is 18.0 Å². The van der Waals surface area contributed by atoms with Gasteiger partial charge in [0.05, 0.1) is 24.3 Å². The standard InChI is InChI=1S/C22H20FNO3/c1-14(17-9-5-4-6-10-17)24-15(2)20(22(26)27-3)19(21(24)25)13-16-8-7-11-18(23)12-16/h4-14H,1-3H3/b19-13-. The van der Waals surface area contributed by atoms with Gasteiger partial charge >= 0.3 is 5.97 Å². The summed E-state index contributed by atoms with van der Waals surface area (Å²) in [5, 5.41) is 0. The van der Waals surface area contributed by atoms with Crippen LogP contribution in [0, 0.1) is 5.82 Å². The third kappa shape index (κ3) is 3.53. The second-order valence-corrected chi connectivity index (χ2v) is 6.33. The number of halogens is 1. The molecule has 4 nitrogen and oxygen atoms in total. The van der Waals surface area contributed by atoms with Gasteiger partial charge in [0.2, 0.25) is 0 Å². The molecule has 1 amide bonds. The number of nitrogens with zero attached hydrogens (tertiary/aromatic N) is 1. The number of carbonyl (C=O) groups excluding carboxylic acids is 2. The first kappa shape index (κ1) is 18.6. The van der Waals surface area contributed by atoms with E-state index in [1.165, 1.54) is 25.3 Å². The summed E-state index contributed by atoms with van der Waals surface area (Å²) in [4.78, 5) is 27.1. The van der Waals surface area contributed by atoms with Crippen LogP contribution < -0.4 is 0 Å². The number of hydrogen-bond acceptors (Lipinski definition) is 3. The van der Waals surface area contributed by atoms with Gasteiger partial charge in [-0.25, -0.2) is 9.18 Å². The average molecular weight is 365 g/mol. The molecule has 0 saturated heterocycles. The summed E-state index contributed by atoms with van der Waals surface area (Å²) in [6.07, 6.45) is 1.53. The van der Waals surface area contributed by atoms with Crippen molar-refractivity contribution in [1.29, 1.82) is 0 Å². The molecule has 0 saturated carbocycles. The van der Waals surface area contributed by atoms with E-state index in [2.05, 4.69) is 0 Å². The number of esters is 1. The molecule has 27 heavy (non-hydrogen) atoms. The average Bonchev–Trinajstić information content (AvgIpc) is 2.91. The van der Waals surface area contributed by atoms with Crippen molar-refractivity contribution in [3.05, 3.63) is 88.4 Å². The first-order chi connectivity index (χ1) is 12.9. The highest BCUT2D eigenvalue weighted by Gasteiger charge is 2.39. The van der Waals surface area contributed by atoms with Gasteiger partial charge in [-0.05, 0) is 43.2 Å². The van der Waals surface area contributed by atoms with Crippen LogP contribution in [0.15, 0.2) is 71.4 Å². The molecule has 1 aliphatic heterocycles. The van der Waals surface area contributed by atoms with Crippen molar-refractivity contribution in [3.63, 3.8) is 0 Å². The molecule has 1 aliphatic rings. The van der Waals surface area contributed by atoms with Crippen LogP contribution in [0.5, 0.6) is 0 Å². The van der Waals surface area contributed by atoms with Gasteiger partial charge in [-0.3, -0.25) is 4.79 Å². The molecule has 138 valence electrons. The van der Waals surface area contributed by atoms with E-state index in [9.17, 15) is 14.0 Å². The van der Waals surface area contributed by atoms with Gasteiger partial charge in [0, 0.05) is 5.70 Å². The minimum atomic E-state index is -0.591. The smallest absolute Gasteiger partial charge is 0.340 e. The van der Waals surface area contributed by atoms with E-state index in [1.54, 1.807) is 24.0 Å². The molecule has 1 heterocycles. The van der Waals surface area contributed by atoms with Crippen molar-refractivity contribution in [2.75, 3.05) is 7.11 Å². The first-order valence-electron chi connectivity index (χ1n) is 8.59. The van der Waals surface area contributed by atoms with E-state index in [-0.39, 0.29) is 23.1 Å². The highest BCUT2D eigenvalue weighted by molar-refractivity contribution is 6.16. The fourth-order valence-electron chi connectivity index (χ4n) is 3.31. The van der Waals surface area contributed by atoms with Crippen LogP contribution in [0.25, 0.3) is 6.08 Å². The van der Waals surface area contributed by atoms with Crippen LogP contribution in [0.3, 0.4) is 0 Å². The van der Waals surface area contributed by atoms with E-state index in [0.29, 0.717) is 11.3 Å². The quantitative estimate of drug-likeness (QED) is 0.601. The summed E-state index contributed by atoms with van der Waals surface area (Å²) in [5.41, 5.74) is 2.37. The molecule has 1 unspecified atom stereocenters. The van der Waals surface area contributed by atoms with Crippen LogP contribution in [0.1, 0.15) is 31.0 Å². The Hall–Kier alpha value is -3.21. The predicted octanol–water partition coefficient (Wildman–Crippen LogP) is 4.26. The number of ether oxygens (including phenoxy) is 1. The number of hydrogen-bond donors (Lipinski definition) is 0. The van der Waals surface area contributed by atoms with E-state index < -0.39 is 11.8 Å². The first-order valence-corrected chi connectivity index (χ1v) is 8.59. The fourth-order valence-corrected chi connectivity index (χ4v) is 3.31. The Morgan fingerprint density at radius 1 is 1.15 bits per heavy atom. The maximum absolute atomic E-state index is 13.5. The number of rotatable bonds is 4. The van der Waals surface area contributed by atoms with E-state index in [4.69, 9.17) is 4.74 Å². The zero-order valence-electron chi connectivity index (χ0n) is 15.4. The third-order valence-electron chi connectivity index (χ3n) is 4.66. The summed E-state index contributed by atoms with van der Waals surface area (Å²) >= 11 is 0. The second-order valence-electron chi connectivity index (χ2n) is 6.33. The number of amides is 1. The maximum Gasteiger partial charge on any atom is 0.340 e. The molecule has 0 N–H and O–H groups in total. The number of benzene rings is 2. The molecule has 2 aromatic carbocycles. The van der Waals surface area contributed by atoms with E-state index in [1.807, 2.05) is 37.3 Å². The molecule has 0 spiro atoms. The number of methoxy groups -OCH3 is 1. The van der Waals surface area contributed by atoms with Gasteiger partial charge in [0.1, 0.15) is 5.82 Å². The molecule has 2 aromatic rings. The van der Waals surface area contributed by atoms with Crippen molar-refractivity contribution in [2.24, 2.45) is 0 Å². The summed E-state index contributed by atoms with van der Waals surface area (Å²) in [7, 11) is 1.27. The van der Waals surface area contributed by atoms with E-state index >= 15 is 0 Å². The largest absolute Gasteiger partial charge is 0.465 e. The topological polar surface area (TPSA) is 46.6 Å². The van der Waals surface area contributed by atoms with Crippen LogP contribution in [0.2, 0.25) is 0 Å². The molecular formula is C22H20FNO3. The predicted molar refractivity (Wildman–Crippen MR) is 101 cm³/mol. The summed E-state index contributed by atoms with van der Waals surface area (Å²) < 4.78 is 18.4. The lowest BCUT2D eigenvalue weighted by atomic mass is 10.0. The molecule has 0 radical (unpaired) electrons. The third-order valence-corrected chi connectivity index (χ3v) is 4.66. The van der Waals surface area contributed by atoms with Gasteiger partial charge in [0.15, 0.2) is 0 Å². The molecule has 0 bridgehead atoms. The Balaban J connectivity index is 2.09. The Morgan fingerprint density at radius 3 is 2.48 bits per heavy atom. The van der Waals surface area contributed by atoms with E-state index in [0.717, 1.165) is 5.56 Å². The van der Waals surface area contributed by atoms with Gasteiger partial charge in [-0.1, -0.05) is 42.5 Å². The molecule has 1 atom stereocenters. The maximum atomic E-state index is 13.5. The highest BCUT2D eigenvalue weighted by Crippen LogP contribution is 2.37. The summed E-state index contributed by atoms with van der Waals surface area (Å²) in [6.45, 7) is 3.62. The SMILES string of the molecule is COC(=O)C1=C(C)N(C(C)c2ccccc2)C(=O)/C1=C\c1cccc(F)c1. The molecular weight excluding hydrogens is 345 g/mol.